The van der Waals surface area contributed by atoms with Crippen molar-refractivity contribution in [3.63, 3.8) is 0 Å². The van der Waals surface area contributed by atoms with Gasteiger partial charge in [0.2, 0.25) is 0 Å². The second-order valence-corrected chi connectivity index (χ2v) is 2.82. The van der Waals surface area contributed by atoms with Crippen molar-refractivity contribution >= 4 is 0 Å². The molecule has 2 N–H and O–H groups in total. The lowest BCUT2D eigenvalue weighted by molar-refractivity contribution is 0.746. The van der Waals surface area contributed by atoms with E-state index in [1.807, 2.05) is 13.2 Å². The quantitative estimate of drug-likeness (QED) is 0.683. The van der Waals surface area contributed by atoms with E-state index in [1.165, 1.54) is 0 Å². The second kappa shape index (κ2) is 3.54. The summed E-state index contributed by atoms with van der Waals surface area (Å²) in [5.74, 6) is 0. The highest BCUT2D eigenvalue weighted by Gasteiger charge is 2.09. The van der Waals surface area contributed by atoms with Gasteiger partial charge in [0.15, 0.2) is 0 Å². The van der Waals surface area contributed by atoms with Crippen LogP contribution in [0.5, 0.6) is 0 Å². The van der Waals surface area contributed by atoms with Crippen LogP contribution in [-0.2, 0) is 13.5 Å². The molecule has 0 amide bonds. The van der Waals surface area contributed by atoms with Gasteiger partial charge in [0, 0.05) is 18.8 Å². The average Bonchev–Trinajstić information content (AvgIpc) is 2.45. The molecule has 12 heavy (non-hydrogen) atoms. The Morgan fingerprint density at radius 3 is 3.00 bits per heavy atom. The Morgan fingerprint density at radius 2 is 2.50 bits per heavy atom. The van der Waals surface area contributed by atoms with Gasteiger partial charge in [-0.15, -0.1) is 6.58 Å². The van der Waals surface area contributed by atoms with Gasteiger partial charge in [-0.1, -0.05) is 13.0 Å². The maximum Gasteiger partial charge on any atom is 0.0672 e. The molecule has 1 aromatic heterocycles. The molecule has 1 unspecified atom stereocenters. The lowest BCUT2D eigenvalue weighted by Gasteiger charge is -2.03. The first-order valence-electron chi connectivity index (χ1n) is 4.09. The fourth-order valence-corrected chi connectivity index (χ4v) is 1.23. The summed E-state index contributed by atoms with van der Waals surface area (Å²) >= 11 is 0. The molecule has 0 aliphatic rings. The Balaban J connectivity index is 3.03. The molecule has 66 valence electrons. The van der Waals surface area contributed by atoms with Crippen molar-refractivity contribution in [1.82, 2.24) is 9.78 Å². The van der Waals surface area contributed by atoms with E-state index in [-0.39, 0.29) is 6.04 Å². The summed E-state index contributed by atoms with van der Waals surface area (Å²) < 4.78 is 1.79. The third-order valence-electron chi connectivity index (χ3n) is 1.89. The van der Waals surface area contributed by atoms with Crippen LogP contribution in [0.3, 0.4) is 0 Å². The standard InChI is InChI=1S/C9H15N3/c1-4-8(10)7-6-12(3)11-9(7)5-2/h4,6,8H,1,5,10H2,2-3H3. The Morgan fingerprint density at radius 1 is 1.83 bits per heavy atom. The maximum absolute atomic E-state index is 5.81. The van der Waals surface area contributed by atoms with Crippen molar-refractivity contribution in [1.29, 1.82) is 0 Å². The first kappa shape index (κ1) is 9.00. The van der Waals surface area contributed by atoms with E-state index in [4.69, 9.17) is 5.73 Å². The SMILES string of the molecule is C=CC(N)c1cn(C)nc1CC. The normalized spacial score (nSPS) is 12.9. The molecule has 0 aliphatic carbocycles. The number of aromatic nitrogens is 2. The Kier molecular flexibility index (Phi) is 2.65. The molecular weight excluding hydrogens is 150 g/mol. The highest BCUT2D eigenvalue weighted by Crippen LogP contribution is 2.15. The lowest BCUT2D eigenvalue weighted by atomic mass is 10.1. The van der Waals surface area contributed by atoms with Gasteiger partial charge < -0.3 is 5.73 Å². The number of aryl methyl sites for hydroxylation is 2. The zero-order chi connectivity index (χ0) is 9.14. The van der Waals surface area contributed by atoms with Gasteiger partial charge in [0.05, 0.1) is 11.7 Å². The summed E-state index contributed by atoms with van der Waals surface area (Å²) in [6.45, 7) is 5.73. The first-order valence-corrected chi connectivity index (χ1v) is 4.09. The molecular formula is C9H15N3. The van der Waals surface area contributed by atoms with E-state index >= 15 is 0 Å². The number of nitrogens with two attached hydrogens (primary N) is 1. The van der Waals surface area contributed by atoms with Crippen LogP contribution in [-0.4, -0.2) is 9.78 Å². The minimum atomic E-state index is -0.0892. The van der Waals surface area contributed by atoms with Crippen LogP contribution in [0.4, 0.5) is 0 Å². The number of hydrogen-bond donors (Lipinski definition) is 1. The van der Waals surface area contributed by atoms with Crippen molar-refractivity contribution in [3.05, 3.63) is 30.1 Å². The predicted octanol–water partition coefficient (Wildman–Crippen LogP) is 1.17. The van der Waals surface area contributed by atoms with Crippen molar-refractivity contribution in [2.75, 3.05) is 0 Å². The Bertz CT molecular complexity index is 275. The van der Waals surface area contributed by atoms with Crippen LogP contribution >= 0.6 is 0 Å². The van der Waals surface area contributed by atoms with Gasteiger partial charge in [-0.25, -0.2) is 0 Å². The van der Waals surface area contributed by atoms with Crippen LogP contribution in [0, 0.1) is 0 Å². The van der Waals surface area contributed by atoms with E-state index < -0.39 is 0 Å². The predicted molar refractivity (Wildman–Crippen MR) is 49.7 cm³/mol. The largest absolute Gasteiger partial charge is 0.321 e. The zero-order valence-electron chi connectivity index (χ0n) is 7.62. The van der Waals surface area contributed by atoms with Gasteiger partial charge >= 0.3 is 0 Å². The van der Waals surface area contributed by atoms with Gasteiger partial charge in [-0.3, -0.25) is 4.68 Å². The Labute approximate surface area is 72.9 Å². The average molecular weight is 165 g/mol. The number of nitrogens with zero attached hydrogens (tertiary/aromatic N) is 2. The summed E-state index contributed by atoms with van der Waals surface area (Å²) in [6.07, 6.45) is 4.60. The minimum Gasteiger partial charge on any atom is -0.321 e. The van der Waals surface area contributed by atoms with Crippen molar-refractivity contribution in [2.24, 2.45) is 12.8 Å². The highest BCUT2D eigenvalue weighted by molar-refractivity contribution is 5.24. The van der Waals surface area contributed by atoms with Crippen LogP contribution in [0.15, 0.2) is 18.9 Å². The lowest BCUT2D eigenvalue weighted by Crippen LogP contribution is -2.07. The number of hydrogen-bond acceptors (Lipinski definition) is 2. The molecule has 3 nitrogen and oxygen atoms in total. The summed E-state index contributed by atoms with van der Waals surface area (Å²) in [6, 6.07) is -0.0892. The van der Waals surface area contributed by atoms with Gasteiger partial charge in [-0.2, -0.15) is 5.10 Å². The molecule has 1 atom stereocenters. The third kappa shape index (κ3) is 1.56. The summed E-state index contributed by atoms with van der Waals surface area (Å²) in [5, 5.41) is 4.29. The fourth-order valence-electron chi connectivity index (χ4n) is 1.23. The van der Waals surface area contributed by atoms with Gasteiger partial charge in [-0.05, 0) is 6.42 Å². The molecule has 0 fully saturated rings. The van der Waals surface area contributed by atoms with Crippen LogP contribution in [0.25, 0.3) is 0 Å². The van der Waals surface area contributed by atoms with Crippen molar-refractivity contribution < 1.29 is 0 Å². The molecule has 0 aromatic carbocycles. The van der Waals surface area contributed by atoms with Crippen LogP contribution in [0.1, 0.15) is 24.2 Å². The smallest absolute Gasteiger partial charge is 0.0672 e. The highest BCUT2D eigenvalue weighted by atomic mass is 15.3. The third-order valence-corrected chi connectivity index (χ3v) is 1.89. The molecule has 3 heteroatoms. The van der Waals surface area contributed by atoms with Crippen molar-refractivity contribution in [3.8, 4) is 0 Å². The van der Waals surface area contributed by atoms with E-state index in [0.29, 0.717) is 0 Å². The molecule has 0 bridgehead atoms. The fraction of sp³-hybridized carbons (Fsp3) is 0.444. The summed E-state index contributed by atoms with van der Waals surface area (Å²) in [4.78, 5) is 0. The molecule has 0 radical (unpaired) electrons. The zero-order valence-corrected chi connectivity index (χ0v) is 7.62. The molecule has 0 aliphatic heterocycles. The van der Waals surface area contributed by atoms with Gasteiger partial charge in [0.25, 0.3) is 0 Å². The van der Waals surface area contributed by atoms with E-state index in [0.717, 1.165) is 17.7 Å². The number of rotatable bonds is 3. The second-order valence-electron chi connectivity index (χ2n) is 2.82. The van der Waals surface area contributed by atoms with E-state index in [9.17, 15) is 0 Å². The Hall–Kier alpha value is -1.09. The molecule has 1 rings (SSSR count). The summed E-state index contributed by atoms with van der Waals surface area (Å²) in [5.41, 5.74) is 7.95. The first-order chi connectivity index (χ1) is 5.69. The monoisotopic (exact) mass is 165 g/mol. The molecule has 0 saturated carbocycles. The topological polar surface area (TPSA) is 43.8 Å². The molecule has 0 saturated heterocycles. The summed E-state index contributed by atoms with van der Waals surface area (Å²) in [7, 11) is 1.90. The maximum atomic E-state index is 5.81. The van der Waals surface area contributed by atoms with Crippen LogP contribution in [0.2, 0.25) is 0 Å². The van der Waals surface area contributed by atoms with Crippen LogP contribution < -0.4 is 5.73 Å². The molecule has 1 aromatic rings. The van der Waals surface area contributed by atoms with Crippen molar-refractivity contribution in [2.45, 2.75) is 19.4 Å². The molecule has 0 spiro atoms. The van der Waals surface area contributed by atoms with Gasteiger partial charge in [0.1, 0.15) is 0 Å². The minimum absolute atomic E-state index is 0.0892. The van der Waals surface area contributed by atoms with E-state index in [1.54, 1.807) is 10.8 Å². The molecule has 1 heterocycles. The van der Waals surface area contributed by atoms with E-state index in [2.05, 4.69) is 18.6 Å².